The van der Waals surface area contributed by atoms with Crippen LogP contribution in [-0.2, 0) is 6.42 Å². The second-order valence-corrected chi connectivity index (χ2v) is 3.59. The molecule has 0 spiro atoms. The molecule has 0 aliphatic rings. The zero-order valence-corrected chi connectivity index (χ0v) is 8.66. The SMILES string of the molecule is CCCCCCc1c(O)cccc1O.[NaH]. The number of phenols is 2. The first kappa shape index (κ1) is 14.8. The quantitative estimate of drug-likeness (QED) is 0.589. The van der Waals surface area contributed by atoms with Gasteiger partial charge in [-0.1, -0.05) is 32.3 Å². The standard InChI is InChI=1S/C12H18O2.Na.H/c1-2-3-4-5-7-10-11(13)8-6-9-12(10)14;;/h6,8-9,13-14H,2-5,7H2,1H3;;. The van der Waals surface area contributed by atoms with Gasteiger partial charge in [0.25, 0.3) is 0 Å². The van der Waals surface area contributed by atoms with Gasteiger partial charge < -0.3 is 10.2 Å². The van der Waals surface area contributed by atoms with Crippen molar-refractivity contribution in [2.45, 2.75) is 39.0 Å². The normalized spacial score (nSPS) is 9.67. The zero-order valence-electron chi connectivity index (χ0n) is 8.66. The van der Waals surface area contributed by atoms with Gasteiger partial charge in [-0.15, -0.1) is 0 Å². The summed E-state index contributed by atoms with van der Waals surface area (Å²) >= 11 is 0. The van der Waals surface area contributed by atoms with Crippen molar-refractivity contribution in [3.05, 3.63) is 23.8 Å². The molecule has 3 heteroatoms. The summed E-state index contributed by atoms with van der Waals surface area (Å²) in [7, 11) is 0. The van der Waals surface area contributed by atoms with Crippen molar-refractivity contribution in [1.82, 2.24) is 0 Å². The van der Waals surface area contributed by atoms with Crippen molar-refractivity contribution in [3.8, 4) is 11.5 Å². The van der Waals surface area contributed by atoms with Crippen LogP contribution in [0.15, 0.2) is 18.2 Å². The number of phenolic OH excluding ortho intramolecular Hbond substituents is 2. The number of unbranched alkanes of at least 4 members (excludes halogenated alkanes) is 3. The molecule has 80 valence electrons. The Morgan fingerprint density at radius 3 is 2.13 bits per heavy atom. The van der Waals surface area contributed by atoms with Crippen molar-refractivity contribution in [2.24, 2.45) is 0 Å². The van der Waals surface area contributed by atoms with E-state index in [1.165, 1.54) is 12.8 Å². The van der Waals surface area contributed by atoms with Crippen molar-refractivity contribution in [3.63, 3.8) is 0 Å². The molecular weight excluding hydrogens is 199 g/mol. The van der Waals surface area contributed by atoms with E-state index in [0.29, 0.717) is 5.56 Å². The summed E-state index contributed by atoms with van der Waals surface area (Å²) in [4.78, 5) is 0. The van der Waals surface area contributed by atoms with Gasteiger partial charge in [-0.3, -0.25) is 0 Å². The maximum absolute atomic E-state index is 9.49. The van der Waals surface area contributed by atoms with E-state index < -0.39 is 0 Å². The summed E-state index contributed by atoms with van der Waals surface area (Å²) in [5.41, 5.74) is 0.684. The monoisotopic (exact) mass is 218 g/mol. The van der Waals surface area contributed by atoms with Crippen LogP contribution in [-0.4, -0.2) is 39.8 Å². The molecule has 0 fully saturated rings. The molecule has 2 N–H and O–H groups in total. The fourth-order valence-electron chi connectivity index (χ4n) is 1.55. The fourth-order valence-corrected chi connectivity index (χ4v) is 1.55. The van der Waals surface area contributed by atoms with E-state index >= 15 is 0 Å². The van der Waals surface area contributed by atoms with Crippen LogP contribution in [0.5, 0.6) is 11.5 Å². The number of aromatic hydroxyl groups is 2. The molecule has 1 aromatic carbocycles. The summed E-state index contributed by atoms with van der Waals surface area (Å²) < 4.78 is 0. The second kappa shape index (κ2) is 8.03. The van der Waals surface area contributed by atoms with Gasteiger partial charge in [0.05, 0.1) is 0 Å². The number of hydrogen-bond acceptors (Lipinski definition) is 2. The van der Waals surface area contributed by atoms with Gasteiger partial charge in [0, 0.05) is 5.56 Å². The third-order valence-electron chi connectivity index (χ3n) is 2.41. The van der Waals surface area contributed by atoms with Gasteiger partial charge in [0.1, 0.15) is 11.5 Å². The van der Waals surface area contributed by atoms with Crippen molar-refractivity contribution < 1.29 is 10.2 Å². The summed E-state index contributed by atoms with van der Waals surface area (Å²) in [6.45, 7) is 2.16. The second-order valence-electron chi connectivity index (χ2n) is 3.59. The molecule has 0 aliphatic carbocycles. The molecule has 1 rings (SSSR count). The molecule has 0 saturated carbocycles. The third-order valence-corrected chi connectivity index (χ3v) is 2.41. The Morgan fingerprint density at radius 2 is 1.60 bits per heavy atom. The summed E-state index contributed by atoms with van der Waals surface area (Å²) in [5, 5.41) is 19.0. The summed E-state index contributed by atoms with van der Waals surface area (Å²) in [6, 6.07) is 4.89. The molecule has 0 atom stereocenters. The third kappa shape index (κ3) is 4.92. The predicted molar refractivity (Wildman–Crippen MR) is 64.8 cm³/mol. The molecule has 0 heterocycles. The number of rotatable bonds is 5. The van der Waals surface area contributed by atoms with Gasteiger partial charge >= 0.3 is 29.6 Å². The number of benzene rings is 1. The van der Waals surface area contributed by atoms with Crippen LogP contribution in [0, 0.1) is 0 Å². The molecule has 0 amide bonds. The van der Waals surface area contributed by atoms with Gasteiger partial charge in [0.15, 0.2) is 0 Å². The minimum atomic E-state index is 0. The van der Waals surface area contributed by atoms with Gasteiger partial charge in [-0.25, -0.2) is 0 Å². The van der Waals surface area contributed by atoms with Crippen molar-refractivity contribution in [2.75, 3.05) is 0 Å². The maximum atomic E-state index is 9.49. The Morgan fingerprint density at radius 1 is 1.00 bits per heavy atom. The van der Waals surface area contributed by atoms with Crippen LogP contribution in [0.1, 0.15) is 38.2 Å². The molecule has 0 saturated heterocycles. The topological polar surface area (TPSA) is 40.5 Å². The fraction of sp³-hybridized carbons (Fsp3) is 0.500. The first-order valence-corrected chi connectivity index (χ1v) is 5.25. The molecule has 0 aliphatic heterocycles. The molecule has 0 aromatic heterocycles. The zero-order chi connectivity index (χ0) is 10.4. The van der Waals surface area contributed by atoms with Crippen LogP contribution < -0.4 is 0 Å². The predicted octanol–water partition coefficient (Wildman–Crippen LogP) is 2.57. The Balaban J connectivity index is 0.00000196. The molecular formula is C12H19NaO2. The summed E-state index contributed by atoms with van der Waals surface area (Å²) in [5.74, 6) is 0.419. The van der Waals surface area contributed by atoms with Gasteiger partial charge in [0.2, 0.25) is 0 Å². The van der Waals surface area contributed by atoms with E-state index in [1.54, 1.807) is 18.2 Å². The van der Waals surface area contributed by atoms with E-state index in [1.807, 2.05) is 0 Å². The van der Waals surface area contributed by atoms with E-state index in [4.69, 9.17) is 0 Å². The van der Waals surface area contributed by atoms with Crippen LogP contribution >= 0.6 is 0 Å². The van der Waals surface area contributed by atoms with E-state index in [2.05, 4.69) is 6.92 Å². The first-order chi connectivity index (χ1) is 6.75. The first-order valence-electron chi connectivity index (χ1n) is 5.25. The van der Waals surface area contributed by atoms with Crippen molar-refractivity contribution >= 4 is 29.6 Å². The number of hydrogen-bond donors (Lipinski definition) is 2. The van der Waals surface area contributed by atoms with Gasteiger partial charge in [-0.05, 0) is 25.0 Å². The van der Waals surface area contributed by atoms with Crippen LogP contribution in [0.3, 0.4) is 0 Å². The Labute approximate surface area is 114 Å². The average molecular weight is 218 g/mol. The van der Waals surface area contributed by atoms with E-state index in [-0.39, 0.29) is 41.1 Å². The Bertz CT molecular complexity index is 267. The summed E-state index contributed by atoms with van der Waals surface area (Å²) in [6.07, 6.45) is 5.36. The molecule has 0 unspecified atom stereocenters. The van der Waals surface area contributed by atoms with Crippen LogP contribution in [0.4, 0.5) is 0 Å². The van der Waals surface area contributed by atoms with E-state index in [0.717, 1.165) is 19.3 Å². The molecule has 0 bridgehead atoms. The molecule has 0 radical (unpaired) electrons. The molecule has 1 aromatic rings. The molecule has 2 nitrogen and oxygen atoms in total. The Hall–Kier alpha value is -0.180. The van der Waals surface area contributed by atoms with Gasteiger partial charge in [-0.2, -0.15) is 0 Å². The van der Waals surface area contributed by atoms with Crippen LogP contribution in [0.25, 0.3) is 0 Å². The van der Waals surface area contributed by atoms with Crippen molar-refractivity contribution in [1.29, 1.82) is 0 Å². The van der Waals surface area contributed by atoms with E-state index in [9.17, 15) is 10.2 Å². The molecule has 15 heavy (non-hydrogen) atoms. The Kier molecular flexibility index (Phi) is 7.93. The van der Waals surface area contributed by atoms with Crippen LogP contribution in [0.2, 0.25) is 0 Å². The average Bonchev–Trinajstić information content (AvgIpc) is 2.16. The minimum absolute atomic E-state index is 0.